The van der Waals surface area contributed by atoms with Crippen LogP contribution in [0, 0.1) is 0 Å². The van der Waals surface area contributed by atoms with Crippen LogP contribution in [0.3, 0.4) is 0 Å². The van der Waals surface area contributed by atoms with Gasteiger partial charge in [0, 0.05) is 5.54 Å². The summed E-state index contributed by atoms with van der Waals surface area (Å²) in [5.74, 6) is 0. The molecule has 0 saturated carbocycles. The first-order chi connectivity index (χ1) is 5.00. The van der Waals surface area contributed by atoms with Gasteiger partial charge in [-0.05, 0) is 33.7 Å². The lowest BCUT2D eigenvalue weighted by Crippen LogP contribution is -2.48. The highest BCUT2D eigenvalue weighted by molar-refractivity contribution is 4.82. The second kappa shape index (κ2) is 4.67. The Hall–Kier alpha value is -0.150. The van der Waals surface area contributed by atoms with Crippen molar-refractivity contribution in [3.05, 3.63) is 0 Å². The normalized spacial score (nSPS) is 15.0. The summed E-state index contributed by atoms with van der Waals surface area (Å²) in [7, 11) is 0. The molecule has 0 spiro atoms. The van der Waals surface area contributed by atoms with E-state index in [1.165, 1.54) is 0 Å². The van der Waals surface area contributed by atoms with Crippen molar-refractivity contribution in [2.24, 2.45) is 0 Å². The van der Waals surface area contributed by atoms with Crippen molar-refractivity contribution in [2.75, 3.05) is 13.2 Å². The van der Waals surface area contributed by atoms with Gasteiger partial charge < -0.3 is 10.4 Å². The minimum absolute atomic E-state index is 0.303. The maximum absolute atomic E-state index is 11.7. The summed E-state index contributed by atoms with van der Waals surface area (Å²) in [4.78, 5) is 0. The molecule has 0 aromatic carbocycles. The topological polar surface area (TPSA) is 32.3 Å². The van der Waals surface area contributed by atoms with E-state index in [1.54, 1.807) is 6.92 Å². The van der Waals surface area contributed by atoms with Gasteiger partial charge in [-0.1, -0.05) is 0 Å². The predicted molar refractivity (Wildman–Crippen MR) is 44.4 cm³/mol. The molecule has 11 heavy (non-hydrogen) atoms. The third-order valence-corrected chi connectivity index (χ3v) is 1.94. The van der Waals surface area contributed by atoms with Crippen molar-refractivity contribution in [2.45, 2.75) is 38.8 Å². The van der Waals surface area contributed by atoms with Crippen molar-refractivity contribution in [3.63, 3.8) is 0 Å². The Kier molecular flexibility index (Phi) is 4.61. The number of hydrogen-bond donors (Lipinski definition) is 2. The number of nitrogens with one attached hydrogen (secondary N) is 1. The number of rotatable bonds is 5. The zero-order valence-electron chi connectivity index (χ0n) is 7.52. The number of aliphatic hydroxyl groups excluding tert-OH is 1. The first kappa shape index (κ1) is 10.8. The van der Waals surface area contributed by atoms with Gasteiger partial charge in [-0.15, -0.1) is 0 Å². The predicted octanol–water partition coefficient (Wildman–Crippen LogP) is 1.09. The van der Waals surface area contributed by atoms with Gasteiger partial charge in [-0.3, -0.25) is 4.39 Å². The van der Waals surface area contributed by atoms with E-state index in [-0.39, 0.29) is 12.2 Å². The van der Waals surface area contributed by atoms with Crippen LogP contribution >= 0.6 is 0 Å². The molecule has 2 N–H and O–H groups in total. The molecule has 0 saturated heterocycles. The Balaban J connectivity index is 3.55. The van der Waals surface area contributed by atoms with Gasteiger partial charge in [0.25, 0.3) is 0 Å². The lowest BCUT2D eigenvalue weighted by atomic mass is 9.99. The molecule has 68 valence electrons. The van der Waals surface area contributed by atoms with Crippen molar-refractivity contribution in [3.8, 4) is 0 Å². The van der Waals surface area contributed by atoms with Gasteiger partial charge in [-0.2, -0.15) is 0 Å². The highest BCUT2D eigenvalue weighted by Crippen LogP contribution is 2.07. The van der Waals surface area contributed by atoms with E-state index in [1.807, 2.05) is 13.8 Å². The summed E-state index contributed by atoms with van der Waals surface area (Å²) in [5, 5.41) is 12.3. The van der Waals surface area contributed by atoms with Gasteiger partial charge >= 0.3 is 0 Å². The van der Waals surface area contributed by atoms with E-state index in [9.17, 15) is 9.50 Å². The Morgan fingerprint density at radius 3 is 2.45 bits per heavy atom. The van der Waals surface area contributed by atoms with Gasteiger partial charge in [0.15, 0.2) is 0 Å². The van der Waals surface area contributed by atoms with Crippen molar-refractivity contribution in [1.29, 1.82) is 0 Å². The Bertz CT molecular complexity index is 104. The van der Waals surface area contributed by atoms with Crippen molar-refractivity contribution < 1.29 is 9.50 Å². The molecule has 0 fully saturated rings. The first-order valence-electron chi connectivity index (χ1n) is 4.00. The Morgan fingerprint density at radius 2 is 2.09 bits per heavy atom. The van der Waals surface area contributed by atoms with Crippen molar-refractivity contribution in [1.82, 2.24) is 5.32 Å². The second-order valence-corrected chi connectivity index (χ2v) is 3.37. The van der Waals surface area contributed by atoms with Crippen LogP contribution in [0.1, 0.15) is 27.2 Å². The molecular formula is C8H18FNO. The van der Waals surface area contributed by atoms with Crippen molar-refractivity contribution >= 4 is 0 Å². The van der Waals surface area contributed by atoms with Gasteiger partial charge in [0.2, 0.25) is 0 Å². The van der Waals surface area contributed by atoms with Crippen LogP contribution in [0.5, 0.6) is 0 Å². The zero-order valence-corrected chi connectivity index (χ0v) is 7.52. The molecule has 0 amide bonds. The van der Waals surface area contributed by atoms with Crippen LogP contribution in [0.25, 0.3) is 0 Å². The average Bonchev–Trinajstić information content (AvgIpc) is 1.88. The summed E-state index contributed by atoms with van der Waals surface area (Å²) in [5.41, 5.74) is -0.310. The second-order valence-electron chi connectivity index (χ2n) is 3.37. The molecule has 0 aliphatic heterocycles. The van der Waals surface area contributed by atoms with E-state index in [0.29, 0.717) is 13.0 Å². The Morgan fingerprint density at radius 1 is 1.55 bits per heavy atom. The molecule has 0 heterocycles. The summed E-state index contributed by atoms with van der Waals surface area (Å²) >= 11 is 0. The van der Waals surface area contributed by atoms with Crippen LogP contribution in [0.15, 0.2) is 0 Å². The molecule has 0 aliphatic rings. The van der Waals surface area contributed by atoms with Gasteiger partial charge in [-0.25, -0.2) is 0 Å². The highest BCUT2D eigenvalue weighted by atomic mass is 19.1. The fourth-order valence-corrected chi connectivity index (χ4v) is 0.625. The van der Waals surface area contributed by atoms with Crippen LogP contribution in [0.2, 0.25) is 0 Å². The number of alkyl halides is 1. The number of hydrogen-bond acceptors (Lipinski definition) is 2. The average molecular weight is 163 g/mol. The summed E-state index contributed by atoms with van der Waals surface area (Å²) < 4.78 is 11.7. The van der Waals surface area contributed by atoms with Crippen LogP contribution in [-0.2, 0) is 0 Å². The summed E-state index contributed by atoms with van der Waals surface area (Å²) in [6.45, 7) is 5.84. The molecule has 0 aliphatic carbocycles. The largest absolute Gasteiger partial charge is 0.392 e. The van der Waals surface area contributed by atoms with Crippen LogP contribution < -0.4 is 5.32 Å². The van der Waals surface area contributed by atoms with E-state index >= 15 is 0 Å². The third kappa shape index (κ3) is 4.32. The smallest absolute Gasteiger partial charge is 0.0906 e. The number of aliphatic hydroxyl groups is 1. The maximum Gasteiger partial charge on any atom is 0.0906 e. The van der Waals surface area contributed by atoms with Crippen LogP contribution in [-0.4, -0.2) is 30.0 Å². The maximum atomic E-state index is 11.7. The fraction of sp³-hybridized carbons (Fsp3) is 1.00. The molecule has 0 aromatic rings. The lowest BCUT2D eigenvalue weighted by molar-refractivity contribution is 0.0963. The minimum Gasteiger partial charge on any atom is -0.392 e. The van der Waals surface area contributed by atoms with E-state index < -0.39 is 6.10 Å². The molecule has 1 unspecified atom stereocenters. The molecule has 2 nitrogen and oxygen atoms in total. The van der Waals surface area contributed by atoms with E-state index in [0.717, 1.165) is 0 Å². The quantitative estimate of drug-likeness (QED) is 0.595. The molecule has 0 aromatic heterocycles. The zero-order chi connectivity index (χ0) is 8.91. The fourth-order valence-electron chi connectivity index (χ4n) is 0.625. The van der Waals surface area contributed by atoms with Gasteiger partial charge in [0.05, 0.1) is 12.8 Å². The highest BCUT2D eigenvalue weighted by Gasteiger charge is 2.22. The minimum atomic E-state index is -0.415. The van der Waals surface area contributed by atoms with Gasteiger partial charge in [0.1, 0.15) is 0 Å². The van der Waals surface area contributed by atoms with Crippen LogP contribution in [0.4, 0.5) is 4.39 Å². The molecule has 0 bridgehead atoms. The number of halogens is 1. The Labute approximate surface area is 67.8 Å². The molecule has 0 radical (unpaired) electrons. The third-order valence-electron chi connectivity index (χ3n) is 1.94. The summed E-state index contributed by atoms with van der Waals surface area (Å²) in [6.07, 6.45) is 0.0954. The molecule has 1 atom stereocenters. The van der Waals surface area contributed by atoms with E-state index in [4.69, 9.17) is 0 Å². The molecule has 3 heteroatoms. The monoisotopic (exact) mass is 163 g/mol. The lowest BCUT2D eigenvalue weighted by Gasteiger charge is -2.29. The molecular weight excluding hydrogens is 145 g/mol. The molecule has 0 rings (SSSR count). The SMILES string of the molecule is CC(O)C(C)(C)NCCCF. The first-order valence-corrected chi connectivity index (χ1v) is 4.00. The standard InChI is InChI=1S/C8H18FNO/c1-7(11)8(2,3)10-6-4-5-9/h7,10-11H,4-6H2,1-3H3. The van der Waals surface area contributed by atoms with E-state index in [2.05, 4.69) is 5.32 Å². The summed E-state index contributed by atoms with van der Waals surface area (Å²) in [6, 6.07) is 0.